The van der Waals surface area contributed by atoms with Gasteiger partial charge in [-0.1, -0.05) is 419 Å². The van der Waals surface area contributed by atoms with Crippen LogP contribution in [0.1, 0.15) is 457 Å². The van der Waals surface area contributed by atoms with Gasteiger partial charge in [-0.15, -0.1) is 0 Å². The summed E-state index contributed by atoms with van der Waals surface area (Å²) in [5, 5.41) is 0. The smallest absolute Gasteiger partial charge is 0.306 e. The van der Waals surface area contributed by atoms with E-state index in [1.165, 1.54) is 360 Å². The summed E-state index contributed by atoms with van der Waals surface area (Å²) in [5.41, 5.74) is 0. The van der Waals surface area contributed by atoms with Crippen LogP contribution in [-0.2, 0) is 28.6 Å². The molecule has 6 nitrogen and oxygen atoms in total. The van der Waals surface area contributed by atoms with Crippen LogP contribution in [-0.4, -0.2) is 37.2 Å². The summed E-state index contributed by atoms with van der Waals surface area (Å²) >= 11 is 0. The summed E-state index contributed by atoms with van der Waals surface area (Å²) < 4.78 is 17.0. The Hall–Kier alpha value is -1.59. The lowest BCUT2D eigenvalue weighted by molar-refractivity contribution is -0.167. The van der Waals surface area contributed by atoms with E-state index in [9.17, 15) is 14.4 Å². The highest BCUT2D eigenvalue weighted by molar-refractivity contribution is 5.71. The average molecular weight is 1170 g/mol. The topological polar surface area (TPSA) is 78.9 Å². The van der Waals surface area contributed by atoms with Gasteiger partial charge in [0.25, 0.3) is 0 Å². The van der Waals surface area contributed by atoms with E-state index in [1.54, 1.807) is 0 Å². The van der Waals surface area contributed by atoms with E-state index in [4.69, 9.17) is 14.2 Å². The molecule has 0 aromatic carbocycles. The third-order valence-electron chi connectivity index (χ3n) is 18.1. The molecule has 494 valence electrons. The van der Waals surface area contributed by atoms with Gasteiger partial charge in [-0.05, 0) is 19.3 Å². The molecule has 0 saturated heterocycles. The van der Waals surface area contributed by atoms with Gasteiger partial charge >= 0.3 is 17.9 Å². The number of hydrogen-bond acceptors (Lipinski definition) is 6. The van der Waals surface area contributed by atoms with Gasteiger partial charge in [0.2, 0.25) is 0 Å². The number of carbonyl (C=O) groups is 3. The highest BCUT2D eigenvalue weighted by atomic mass is 16.6. The lowest BCUT2D eigenvalue weighted by Gasteiger charge is -2.18. The lowest BCUT2D eigenvalue weighted by Crippen LogP contribution is -2.30. The van der Waals surface area contributed by atoms with Gasteiger partial charge in [0, 0.05) is 19.3 Å². The van der Waals surface area contributed by atoms with Crippen molar-refractivity contribution < 1.29 is 28.6 Å². The molecule has 0 fully saturated rings. The fraction of sp³-hybridized carbons (Fsp3) is 0.961. The monoisotopic (exact) mass is 1170 g/mol. The molecule has 0 radical (unpaired) electrons. The van der Waals surface area contributed by atoms with E-state index >= 15 is 0 Å². The SMILES string of the molecule is CCCCCCCCCCCCCCCCCCCCCCCCCCCCCCC(=O)OCC(COC(=O)CCCCCCCCCCCCC)OC(=O)CCCCCCCCCCCCCCCCCCCCCCCCCCCC. The van der Waals surface area contributed by atoms with Gasteiger partial charge < -0.3 is 14.2 Å². The molecule has 6 heteroatoms. The highest BCUT2D eigenvalue weighted by Crippen LogP contribution is 2.20. The van der Waals surface area contributed by atoms with E-state index in [0.29, 0.717) is 19.3 Å². The Balaban J connectivity index is 4.09. The fourth-order valence-corrected chi connectivity index (χ4v) is 12.3. The van der Waals surface area contributed by atoms with Crippen LogP contribution in [0, 0.1) is 0 Å². The summed E-state index contributed by atoms with van der Waals surface area (Å²) in [6.45, 7) is 6.74. The number of unbranched alkanes of at least 4 members (excludes halogenated alkanes) is 62. The van der Waals surface area contributed by atoms with Gasteiger partial charge in [0.15, 0.2) is 6.10 Å². The molecule has 0 amide bonds. The minimum absolute atomic E-state index is 0.0602. The molecule has 0 aromatic rings. The molecule has 1 atom stereocenters. The molecule has 0 heterocycles. The van der Waals surface area contributed by atoms with E-state index in [2.05, 4.69) is 20.8 Å². The minimum atomic E-state index is -0.763. The molecule has 1 unspecified atom stereocenters. The second-order valence-electron chi connectivity index (χ2n) is 26.6. The minimum Gasteiger partial charge on any atom is -0.462 e. The molecule has 0 spiro atoms. The molecular formula is C77H150O6. The van der Waals surface area contributed by atoms with Crippen LogP contribution in [0.25, 0.3) is 0 Å². The van der Waals surface area contributed by atoms with Crippen molar-refractivity contribution in [2.24, 2.45) is 0 Å². The summed E-state index contributed by atoms with van der Waals surface area (Å²) in [6, 6.07) is 0. The quantitative estimate of drug-likeness (QED) is 0.0343. The Morgan fingerprint density at radius 2 is 0.325 bits per heavy atom. The van der Waals surface area contributed by atoms with Crippen LogP contribution in [0.15, 0.2) is 0 Å². The largest absolute Gasteiger partial charge is 0.462 e. The molecule has 0 rings (SSSR count). The number of carbonyl (C=O) groups excluding carboxylic acids is 3. The Morgan fingerprint density at radius 3 is 0.482 bits per heavy atom. The first-order chi connectivity index (χ1) is 41.0. The van der Waals surface area contributed by atoms with Crippen LogP contribution in [0.5, 0.6) is 0 Å². The predicted octanol–water partition coefficient (Wildman–Crippen LogP) is 26.6. The maximum Gasteiger partial charge on any atom is 0.306 e. The Kier molecular flexibility index (Phi) is 71.5. The second kappa shape index (κ2) is 72.9. The predicted molar refractivity (Wildman–Crippen MR) is 363 cm³/mol. The maximum absolute atomic E-state index is 13.0. The number of ether oxygens (including phenoxy) is 3. The van der Waals surface area contributed by atoms with Crippen LogP contribution >= 0.6 is 0 Å². The van der Waals surface area contributed by atoms with Crippen molar-refractivity contribution in [1.82, 2.24) is 0 Å². The molecule has 0 N–H and O–H groups in total. The fourth-order valence-electron chi connectivity index (χ4n) is 12.3. The molecule has 0 aliphatic carbocycles. The molecule has 83 heavy (non-hydrogen) atoms. The van der Waals surface area contributed by atoms with Crippen LogP contribution in [0.4, 0.5) is 0 Å². The first-order valence-corrected chi connectivity index (χ1v) is 38.5. The van der Waals surface area contributed by atoms with E-state index in [-0.39, 0.29) is 31.1 Å². The van der Waals surface area contributed by atoms with Crippen molar-refractivity contribution in [3.05, 3.63) is 0 Å². The van der Waals surface area contributed by atoms with Gasteiger partial charge in [-0.25, -0.2) is 0 Å². The van der Waals surface area contributed by atoms with Crippen LogP contribution < -0.4 is 0 Å². The van der Waals surface area contributed by atoms with Gasteiger partial charge in [0.05, 0.1) is 0 Å². The zero-order chi connectivity index (χ0) is 59.9. The molecule has 0 bridgehead atoms. The molecular weight excluding hydrogens is 1020 g/mol. The lowest BCUT2D eigenvalue weighted by atomic mass is 10.0. The normalized spacial score (nSPS) is 11.9. The van der Waals surface area contributed by atoms with Crippen molar-refractivity contribution in [3.63, 3.8) is 0 Å². The summed E-state index contributed by atoms with van der Waals surface area (Å²) in [7, 11) is 0. The number of esters is 3. The standard InChI is InChI=1S/C77H150O6/c1-4-7-10-13-16-19-22-24-26-28-30-32-34-36-38-39-41-42-44-46-48-50-52-55-58-61-64-67-70-76(79)82-73-74(72-81-75(78)69-66-63-60-57-54-21-18-15-12-9-6-3)83-77(80)71-68-65-62-59-56-53-51-49-47-45-43-40-37-35-33-31-29-27-25-23-20-17-14-11-8-5-2/h74H,4-73H2,1-3H3. The van der Waals surface area contributed by atoms with Gasteiger partial charge in [-0.2, -0.15) is 0 Å². The average Bonchev–Trinajstić information content (AvgIpc) is 3.48. The van der Waals surface area contributed by atoms with Gasteiger partial charge in [0.1, 0.15) is 13.2 Å². The maximum atomic E-state index is 13.0. The zero-order valence-electron chi connectivity index (χ0n) is 57.0. The van der Waals surface area contributed by atoms with Crippen molar-refractivity contribution in [3.8, 4) is 0 Å². The van der Waals surface area contributed by atoms with E-state index in [0.717, 1.165) is 57.8 Å². The van der Waals surface area contributed by atoms with Crippen molar-refractivity contribution >= 4 is 17.9 Å². The summed E-state index contributed by atoms with van der Waals surface area (Å²) in [4.78, 5) is 38.4. The Bertz CT molecular complexity index is 1250. The van der Waals surface area contributed by atoms with Gasteiger partial charge in [-0.3, -0.25) is 14.4 Å². The van der Waals surface area contributed by atoms with Crippen LogP contribution in [0.3, 0.4) is 0 Å². The van der Waals surface area contributed by atoms with Crippen molar-refractivity contribution in [2.75, 3.05) is 13.2 Å². The zero-order valence-corrected chi connectivity index (χ0v) is 57.0. The van der Waals surface area contributed by atoms with Crippen molar-refractivity contribution in [1.29, 1.82) is 0 Å². The first-order valence-electron chi connectivity index (χ1n) is 38.5. The molecule has 0 aromatic heterocycles. The number of rotatable bonds is 73. The van der Waals surface area contributed by atoms with E-state index in [1.807, 2.05) is 0 Å². The third kappa shape index (κ3) is 71.1. The molecule has 0 aliphatic heterocycles. The summed E-state index contributed by atoms with van der Waals surface area (Å²) in [6.07, 6.45) is 87.4. The second-order valence-corrected chi connectivity index (χ2v) is 26.6. The van der Waals surface area contributed by atoms with E-state index < -0.39 is 6.10 Å². The van der Waals surface area contributed by atoms with Crippen LogP contribution in [0.2, 0.25) is 0 Å². The molecule has 0 aliphatic rings. The number of hydrogen-bond donors (Lipinski definition) is 0. The highest BCUT2D eigenvalue weighted by Gasteiger charge is 2.20. The third-order valence-corrected chi connectivity index (χ3v) is 18.1. The first kappa shape index (κ1) is 81.4. The van der Waals surface area contributed by atoms with Crippen molar-refractivity contribution in [2.45, 2.75) is 463 Å². The Morgan fingerprint density at radius 1 is 0.193 bits per heavy atom. The molecule has 0 saturated carbocycles. The Labute approximate surface area is 520 Å². The summed E-state index contributed by atoms with van der Waals surface area (Å²) in [5.74, 6) is -0.819.